The maximum atomic E-state index is 14.0. The largest absolute Gasteiger partial charge is 0.442 e. The van der Waals surface area contributed by atoms with Crippen LogP contribution in [0.4, 0.5) is 13.2 Å². The van der Waals surface area contributed by atoms with E-state index in [-0.39, 0.29) is 22.5 Å². The van der Waals surface area contributed by atoms with Gasteiger partial charge in [0.1, 0.15) is 5.84 Å². The first-order valence-electron chi connectivity index (χ1n) is 8.71. The van der Waals surface area contributed by atoms with E-state index in [2.05, 4.69) is 4.99 Å². The van der Waals surface area contributed by atoms with Crippen LogP contribution in [0.1, 0.15) is 49.4 Å². The van der Waals surface area contributed by atoms with Crippen molar-refractivity contribution in [3.63, 3.8) is 0 Å². The van der Waals surface area contributed by atoms with Crippen molar-refractivity contribution >= 4 is 29.3 Å². The summed E-state index contributed by atoms with van der Waals surface area (Å²) in [7, 11) is 0. The lowest BCUT2D eigenvalue weighted by molar-refractivity contribution is -0.197. The molecule has 27 heavy (non-hydrogen) atoms. The number of alkyl halides is 3. The number of hydrogen-bond donors (Lipinski definition) is 1. The number of halogens is 4. The van der Waals surface area contributed by atoms with Crippen LogP contribution in [0, 0.1) is 0 Å². The molecule has 1 fully saturated rings. The molecule has 1 aliphatic carbocycles. The van der Waals surface area contributed by atoms with E-state index in [1.54, 1.807) is 6.07 Å². The zero-order valence-corrected chi connectivity index (χ0v) is 15.4. The number of benzene rings is 1. The van der Waals surface area contributed by atoms with Gasteiger partial charge >= 0.3 is 11.8 Å². The van der Waals surface area contributed by atoms with Crippen molar-refractivity contribution in [3.8, 4) is 0 Å². The summed E-state index contributed by atoms with van der Waals surface area (Å²) in [6.07, 6.45) is -1.19. The Morgan fingerprint density at radius 2 is 1.89 bits per heavy atom. The summed E-state index contributed by atoms with van der Waals surface area (Å²) in [4.78, 5) is 30.1. The van der Waals surface area contributed by atoms with E-state index >= 15 is 0 Å². The molecule has 0 radical (unpaired) electrons. The third-order valence-electron chi connectivity index (χ3n) is 4.97. The topological polar surface area (TPSA) is 61.8 Å². The third-order valence-corrected chi connectivity index (χ3v) is 5.30. The van der Waals surface area contributed by atoms with E-state index in [1.165, 1.54) is 25.1 Å². The second-order valence-electron chi connectivity index (χ2n) is 6.77. The van der Waals surface area contributed by atoms with Crippen molar-refractivity contribution in [1.29, 1.82) is 0 Å². The molecular formula is C18H19ClF3N3O2. The molecule has 2 amide bonds. The van der Waals surface area contributed by atoms with Crippen LogP contribution in [0.2, 0.25) is 5.02 Å². The quantitative estimate of drug-likeness (QED) is 0.834. The molecule has 2 aliphatic rings. The van der Waals surface area contributed by atoms with Crippen molar-refractivity contribution < 1.29 is 22.8 Å². The lowest BCUT2D eigenvalue weighted by atomic mass is 9.93. The van der Waals surface area contributed by atoms with Gasteiger partial charge in [0.05, 0.1) is 10.6 Å². The Morgan fingerprint density at radius 3 is 2.48 bits per heavy atom. The van der Waals surface area contributed by atoms with Gasteiger partial charge in [-0.1, -0.05) is 43.0 Å². The molecule has 1 N–H and O–H groups in total. The average Bonchev–Trinajstić information content (AvgIpc) is 2.87. The summed E-state index contributed by atoms with van der Waals surface area (Å²) < 4.78 is 41.9. The van der Waals surface area contributed by atoms with Crippen LogP contribution in [0.3, 0.4) is 0 Å². The minimum absolute atomic E-state index is 0.0115. The second kappa shape index (κ2) is 7.14. The summed E-state index contributed by atoms with van der Waals surface area (Å²) in [6, 6.07) is 5.36. The van der Waals surface area contributed by atoms with Gasteiger partial charge in [0.2, 0.25) is 0 Å². The number of amides is 2. The Bertz CT molecular complexity index is 790. The van der Waals surface area contributed by atoms with Crippen LogP contribution < -0.4 is 5.32 Å². The fraction of sp³-hybridized carbons (Fsp3) is 0.500. The number of nitrogens with one attached hydrogen (secondary N) is 1. The second-order valence-corrected chi connectivity index (χ2v) is 7.18. The SMILES string of the molecule is CC1=NC(NC(=O)c2ccccc2Cl)(C(F)(F)F)C(=O)N1C1CCCCC1. The molecule has 0 saturated heterocycles. The van der Waals surface area contributed by atoms with Gasteiger partial charge in [0, 0.05) is 6.04 Å². The predicted octanol–water partition coefficient (Wildman–Crippen LogP) is 3.92. The zero-order valence-electron chi connectivity index (χ0n) is 14.6. The molecule has 0 bridgehead atoms. The van der Waals surface area contributed by atoms with E-state index in [0.717, 1.165) is 24.2 Å². The summed E-state index contributed by atoms with van der Waals surface area (Å²) in [5.74, 6) is -2.41. The molecule has 5 nitrogen and oxygen atoms in total. The van der Waals surface area contributed by atoms with Crippen LogP contribution in [0.5, 0.6) is 0 Å². The molecule has 1 saturated carbocycles. The molecule has 1 aromatic carbocycles. The smallest absolute Gasteiger partial charge is 0.312 e. The van der Waals surface area contributed by atoms with Crippen molar-refractivity contribution in [3.05, 3.63) is 34.9 Å². The first-order valence-corrected chi connectivity index (χ1v) is 9.09. The molecule has 1 aliphatic heterocycles. The summed E-state index contributed by atoms with van der Waals surface area (Å²) >= 11 is 5.91. The van der Waals surface area contributed by atoms with Gasteiger partial charge in [-0.2, -0.15) is 13.2 Å². The number of rotatable bonds is 3. The number of amidine groups is 1. The van der Waals surface area contributed by atoms with E-state index < -0.39 is 23.7 Å². The molecule has 1 atom stereocenters. The molecule has 9 heteroatoms. The molecule has 0 spiro atoms. The highest BCUT2D eigenvalue weighted by Crippen LogP contribution is 2.40. The number of nitrogens with zero attached hydrogens (tertiary/aromatic N) is 2. The number of aliphatic imine (C=N–C) groups is 1. The van der Waals surface area contributed by atoms with E-state index in [4.69, 9.17) is 11.6 Å². The molecule has 1 heterocycles. The summed E-state index contributed by atoms with van der Waals surface area (Å²) in [5.41, 5.74) is -3.48. The monoisotopic (exact) mass is 401 g/mol. The van der Waals surface area contributed by atoms with Gasteiger partial charge in [0.25, 0.3) is 11.8 Å². The Morgan fingerprint density at radius 1 is 1.26 bits per heavy atom. The number of hydrogen-bond acceptors (Lipinski definition) is 3. The van der Waals surface area contributed by atoms with Gasteiger partial charge in [-0.05, 0) is 31.9 Å². The van der Waals surface area contributed by atoms with Gasteiger partial charge < -0.3 is 5.32 Å². The minimum atomic E-state index is -5.09. The molecule has 1 aromatic rings. The van der Waals surface area contributed by atoms with Gasteiger partial charge in [0.15, 0.2) is 0 Å². The third kappa shape index (κ3) is 3.42. The minimum Gasteiger partial charge on any atom is -0.312 e. The van der Waals surface area contributed by atoms with Gasteiger partial charge in [-0.3, -0.25) is 14.5 Å². The lowest BCUT2D eigenvalue weighted by Crippen LogP contribution is -2.64. The highest BCUT2D eigenvalue weighted by atomic mass is 35.5. The Labute approximate surface area is 159 Å². The van der Waals surface area contributed by atoms with Crippen LogP contribution in [0.15, 0.2) is 29.3 Å². The van der Waals surface area contributed by atoms with Crippen LogP contribution >= 0.6 is 11.6 Å². The summed E-state index contributed by atoms with van der Waals surface area (Å²) in [5, 5.41) is 1.80. The normalized spacial score (nSPS) is 24.1. The van der Waals surface area contributed by atoms with Gasteiger partial charge in [-0.15, -0.1) is 0 Å². The maximum absolute atomic E-state index is 14.0. The summed E-state index contributed by atoms with van der Waals surface area (Å²) in [6.45, 7) is 1.36. The Balaban J connectivity index is 1.96. The first kappa shape index (κ1) is 19.7. The van der Waals surface area contributed by atoms with Crippen molar-refractivity contribution in [1.82, 2.24) is 10.2 Å². The molecule has 3 rings (SSSR count). The van der Waals surface area contributed by atoms with Crippen LogP contribution in [0.25, 0.3) is 0 Å². The zero-order chi connectivity index (χ0) is 19.8. The van der Waals surface area contributed by atoms with Crippen molar-refractivity contribution in [2.45, 2.75) is 56.9 Å². The Kier molecular flexibility index (Phi) is 5.20. The Hall–Kier alpha value is -2.09. The number of carbonyl (C=O) groups is 2. The molecular weight excluding hydrogens is 383 g/mol. The van der Waals surface area contributed by atoms with Crippen molar-refractivity contribution in [2.24, 2.45) is 4.99 Å². The van der Waals surface area contributed by atoms with E-state index in [1.807, 2.05) is 5.32 Å². The lowest BCUT2D eigenvalue weighted by Gasteiger charge is -2.34. The molecule has 0 aromatic heterocycles. The highest BCUT2D eigenvalue weighted by molar-refractivity contribution is 6.34. The van der Waals surface area contributed by atoms with Crippen LogP contribution in [-0.2, 0) is 4.79 Å². The average molecular weight is 402 g/mol. The molecule has 1 unspecified atom stereocenters. The highest BCUT2D eigenvalue weighted by Gasteiger charge is 2.67. The fourth-order valence-electron chi connectivity index (χ4n) is 3.65. The standard InChI is InChI=1S/C18H19ClF3N3O2/c1-11-23-17(18(20,21)22,16(27)25(11)12-7-3-2-4-8-12)24-15(26)13-9-5-6-10-14(13)19/h5-6,9-10,12H,2-4,7-8H2,1H3,(H,24,26). The van der Waals surface area contributed by atoms with Crippen LogP contribution in [-0.4, -0.2) is 40.4 Å². The molecule has 146 valence electrons. The maximum Gasteiger partial charge on any atom is 0.442 e. The van der Waals surface area contributed by atoms with Crippen molar-refractivity contribution in [2.75, 3.05) is 0 Å². The number of carbonyl (C=O) groups excluding carboxylic acids is 2. The predicted molar refractivity (Wildman–Crippen MR) is 94.5 cm³/mol. The first-order chi connectivity index (χ1) is 12.7. The fourth-order valence-corrected chi connectivity index (χ4v) is 3.87. The van der Waals surface area contributed by atoms with E-state index in [9.17, 15) is 22.8 Å². The van der Waals surface area contributed by atoms with Gasteiger partial charge in [-0.25, -0.2) is 4.99 Å². The van der Waals surface area contributed by atoms with E-state index in [0.29, 0.717) is 12.8 Å².